The van der Waals surface area contributed by atoms with Gasteiger partial charge in [-0.05, 0) is 55.2 Å². The molecule has 0 fully saturated rings. The molecule has 0 bridgehead atoms. The Bertz CT molecular complexity index is 669. The summed E-state index contributed by atoms with van der Waals surface area (Å²) in [5.41, 5.74) is 12.2. The Kier molecular flexibility index (Phi) is 5.64. The minimum absolute atomic E-state index is 0.461. The van der Waals surface area contributed by atoms with Crippen LogP contribution in [0.3, 0.4) is 0 Å². The van der Waals surface area contributed by atoms with Gasteiger partial charge in [0.1, 0.15) is 12.4 Å². The van der Waals surface area contributed by atoms with Gasteiger partial charge in [-0.25, -0.2) is 0 Å². The van der Waals surface area contributed by atoms with Crippen molar-refractivity contribution >= 4 is 17.5 Å². The summed E-state index contributed by atoms with van der Waals surface area (Å²) >= 11 is 5.94. The second-order valence-corrected chi connectivity index (χ2v) is 6.28. The molecular formula is C18H21ClN2O2. The Hall–Kier alpha value is -2.04. The molecule has 2 rings (SSSR count). The first kappa shape index (κ1) is 17.3. The summed E-state index contributed by atoms with van der Waals surface area (Å²) in [6.45, 7) is 2.11. The number of primary amides is 1. The lowest BCUT2D eigenvalue weighted by atomic mass is 9.94. The number of amides is 1. The molecule has 0 radical (unpaired) electrons. The number of benzene rings is 2. The van der Waals surface area contributed by atoms with Crippen molar-refractivity contribution in [1.82, 2.24) is 0 Å². The molecule has 5 heteroatoms. The highest BCUT2D eigenvalue weighted by atomic mass is 35.5. The average Bonchev–Trinajstić information content (AvgIpc) is 2.52. The molecule has 1 unspecified atom stereocenters. The molecule has 0 saturated heterocycles. The van der Waals surface area contributed by atoms with Crippen LogP contribution < -0.4 is 16.2 Å². The highest BCUT2D eigenvalue weighted by Gasteiger charge is 2.24. The highest BCUT2D eigenvalue weighted by Crippen LogP contribution is 2.18. The van der Waals surface area contributed by atoms with Crippen LogP contribution in [0, 0.1) is 0 Å². The van der Waals surface area contributed by atoms with E-state index in [2.05, 4.69) is 0 Å². The number of ether oxygens (including phenoxy) is 1. The maximum Gasteiger partial charge on any atom is 0.237 e. The molecule has 0 aliphatic heterocycles. The van der Waals surface area contributed by atoms with Crippen LogP contribution in [0.2, 0.25) is 5.02 Å². The van der Waals surface area contributed by atoms with Crippen molar-refractivity contribution in [2.45, 2.75) is 31.9 Å². The van der Waals surface area contributed by atoms with Gasteiger partial charge < -0.3 is 16.2 Å². The highest BCUT2D eigenvalue weighted by molar-refractivity contribution is 6.30. The van der Waals surface area contributed by atoms with Crippen LogP contribution in [0.1, 0.15) is 24.5 Å². The molecule has 2 aromatic rings. The average molecular weight is 333 g/mol. The van der Waals surface area contributed by atoms with E-state index in [1.807, 2.05) is 48.5 Å². The quantitative estimate of drug-likeness (QED) is 0.818. The third-order valence-electron chi connectivity index (χ3n) is 3.71. The van der Waals surface area contributed by atoms with Crippen molar-refractivity contribution in [2.75, 3.05) is 0 Å². The van der Waals surface area contributed by atoms with E-state index >= 15 is 0 Å². The van der Waals surface area contributed by atoms with Gasteiger partial charge in [0.25, 0.3) is 0 Å². The van der Waals surface area contributed by atoms with Crippen LogP contribution in [-0.4, -0.2) is 11.4 Å². The van der Waals surface area contributed by atoms with E-state index in [4.69, 9.17) is 27.8 Å². The van der Waals surface area contributed by atoms with Crippen molar-refractivity contribution in [3.63, 3.8) is 0 Å². The zero-order chi connectivity index (χ0) is 16.9. The molecule has 1 atom stereocenters. The van der Waals surface area contributed by atoms with Gasteiger partial charge in [-0.2, -0.15) is 0 Å². The fourth-order valence-electron chi connectivity index (χ4n) is 2.07. The number of carbonyl (C=O) groups is 1. The minimum atomic E-state index is -0.984. The van der Waals surface area contributed by atoms with Crippen LogP contribution >= 0.6 is 11.6 Å². The van der Waals surface area contributed by atoms with E-state index in [-0.39, 0.29) is 0 Å². The predicted octanol–water partition coefficient (Wildman–Crippen LogP) is 3.05. The van der Waals surface area contributed by atoms with Gasteiger partial charge in [0.15, 0.2) is 0 Å². The standard InChI is InChI=1S/C18H21ClN2O2/c1-18(21,17(20)22)10-9-13-5-7-16(8-6-13)23-12-14-3-2-4-15(19)11-14/h2-8,11H,9-10,12,21H2,1H3,(H2,20,22). The van der Waals surface area contributed by atoms with Gasteiger partial charge in [0, 0.05) is 5.02 Å². The van der Waals surface area contributed by atoms with Crippen molar-refractivity contribution in [3.8, 4) is 5.75 Å². The van der Waals surface area contributed by atoms with Gasteiger partial charge in [-0.1, -0.05) is 35.9 Å². The molecular weight excluding hydrogens is 312 g/mol. The fourth-order valence-corrected chi connectivity index (χ4v) is 2.29. The summed E-state index contributed by atoms with van der Waals surface area (Å²) in [5, 5.41) is 0.695. The second-order valence-electron chi connectivity index (χ2n) is 5.84. The smallest absolute Gasteiger partial charge is 0.237 e. The van der Waals surface area contributed by atoms with Crippen molar-refractivity contribution < 1.29 is 9.53 Å². The SMILES string of the molecule is CC(N)(CCc1ccc(OCc2cccc(Cl)c2)cc1)C(N)=O. The Balaban J connectivity index is 1.88. The molecule has 0 aromatic heterocycles. The van der Waals surface area contributed by atoms with Crippen LogP contribution in [0.25, 0.3) is 0 Å². The van der Waals surface area contributed by atoms with Crippen molar-refractivity contribution in [1.29, 1.82) is 0 Å². The number of hydrogen-bond donors (Lipinski definition) is 2. The van der Waals surface area contributed by atoms with Gasteiger partial charge >= 0.3 is 0 Å². The van der Waals surface area contributed by atoms with E-state index in [1.165, 1.54) is 0 Å². The van der Waals surface area contributed by atoms with Gasteiger partial charge in [-0.3, -0.25) is 4.79 Å². The second kappa shape index (κ2) is 7.49. The van der Waals surface area contributed by atoms with Crippen LogP contribution in [-0.2, 0) is 17.8 Å². The first-order chi connectivity index (χ1) is 10.9. The largest absolute Gasteiger partial charge is 0.489 e. The minimum Gasteiger partial charge on any atom is -0.489 e. The molecule has 0 heterocycles. The molecule has 2 aromatic carbocycles. The van der Waals surface area contributed by atoms with Crippen LogP contribution in [0.4, 0.5) is 0 Å². The Morgan fingerprint density at radius 3 is 2.48 bits per heavy atom. The van der Waals surface area contributed by atoms with Gasteiger partial charge in [0.2, 0.25) is 5.91 Å². The summed E-state index contributed by atoms with van der Waals surface area (Å²) < 4.78 is 5.73. The Morgan fingerprint density at radius 1 is 1.17 bits per heavy atom. The number of nitrogens with two attached hydrogens (primary N) is 2. The maximum absolute atomic E-state index is 11.2. The van der Waals surface area contributed by atoms with E-state index in [0.717, 1.165) is 16.9 Å². The number of carbonyl (C=O) groups excluding carboxylic acids is 1. The number of halogens is 1. The number of rotatable bonds is 7. The lowest BCUT2D eigenvalue weighted by Crippen LogP contribution is -2.49. The first-order valence-electron chi connectivity index (χ1n) is 7.42. The van der Waals surface area contributed by atoms with Gasteiger partial charge in [0.05, 0.1) is 5.54 Å². The normalized spacial score (nSPS) is 13.3. The zero-order valence-corrected chi connectivity index (χ0v) is 13.8. The van der Waals surface area contributed by atoms with Crippen molar-refractivity contribution in [2.24, 2.45) is 11.5 Å². The third-order valence-corrected chi connectivity index (χ3v) is 3.95. The van der Waals surface area contributed by atoms with Crippen LogP contribution in [0.15, 0.2) is 48.5 Å². The van der Waals surface area contributed by atoms with E-state index in [1.54, 1.807) is 6.92 Å². The number of hydrogen-bond acceptors (Lipinski definition) is 3. The molecule has 0 spiro atoms. The summed E-state index contributed by atoms with van der Waals surface area (Å²) in [6.07, 6.45) is 1.19. The zero-order valence-electron chi connectivity index (χ0n) is 13.1. The van der Waals surface area contributed by atoms with E-state index in [9.17, 15) is 4.79 Å². The van der Waals surface area contributed by atoms with Crippen molar-refractivity contribution in [3.05, 3.63) is 64.7 Å². The first-order valence-corrected chi connectivity index (χ1v) is 7.79. The fraction of sp³-hybridized carbons (Fsp3) is 0.278. The molecule has 1 amide bonds. The van der Waals surface area contributed by atoms with E-state index < -0.39 is 11.4 Å². The third kappa shape index (κ3) is 5.27. The Labute approximate surface area is 141 Å². The lowest BCUT2D eigenvalue weighted by molar-refractivity contribution is -0.122. The number of aryl methyl sites for hydroxylation is 1. The molecule has 122 valence electrons. The molecule has 0 aliphatic rings. The maximum atomic E-state index is 11.2. The lowest BCUT2D eigenvalue weighted by Gasteiger charge is -2.20. The molecule has 4 nitrogen and oxygen atoms in total. The Morgan fingerprint density at radius 2 is 1.87 bits per heavy atom. The van der Waals surface area contributed by atoms with E-state index in [0.29, 0.717) is 24.5 Å². The predicted molar refractivity (Wildman–Crippen MR) is 92.3 cm³/mol. The van der Waals surface area contributed by atoms with Gasteiger partial charge in [-0.15, -0.1) is 0 Å². The molecule has 0 saturated carbocycles. The summed E-state index contributed by atoms with van der Waals surface area (Å²) in [7, 11) is 0. The summed E-state index contributed by atoms with van der Waals surface area (Å²) in [4.78, 5) is 11.2. The molecule has 0 aliphatic carbocycles. The summed E-state index contributed by atoms with van der Waals surface area (Å²) in [6, 6.07) is 15.3. The monoisotopic (exact) mass is 332 g/mol. The molecule has 23 heavy (non-hydrogen) atoms. The topological polar surface area (TPSA) is 78.3 Å². The molecule has 4 N–H and O–H groups in total. The van der Waals surface area contributed by atoms with Crippen LogP contribution in [0.5, 0.6) is 5.75 Å². The summed E-state index contributed by atoms with van der Waals surface area (Å²) in [5.74, 6) is 0.290.